The summed E-state index contributed by atoms with van der Waals surface area (Å²) >= 11 is 0. The Kier molecular flexibility index (Phi) is 5.46. The van der Waals surface area contributed by atoms with Crippen LogP contribution in [0.3, 0.4) is 0 Å². The summed E-state index contributed by atoms with van der Waals surface area (Å²) < 4.78 is 1.12. The lowest BCUT2D eigenvalue weighted by atomic mass is 9.89. The summed E-state index contributed by atoms with van der Waals surface area (Å²) in [4.78, 5) is 31.1. The zero-order chi connectivity index (χ0) is 16.8. The first-order valence-corrected chi connectivity index (χ1v) is 7.40. The first kappa shape index (κ1) is 16.7. The van der Waals surface area contributed by atoms with E-state index >= 15 is 0 Å². The van der Waals surface area contributed by atoms with E-state index < -0.39 is 11.5 Å². The Labute approximate surface area is 134 Å². The Morgan fingerprint density at radius 1 is 1.39 bits per heavy atom. The van der Waals surface area contributed by atoms with Gasteiger partial charge in [-0.25, -0.2) is 4.98 Å². The van der Waals surface area contributed by atoms with Crippen molar-refractivity contribution in [2.75, 3.05) is 11.9 Å². The topological polar surface area (TPSA) is 97.1 Å². The minimum Gasteiger partial charge on any atom is -0.480 e. The highest BCUT2D eigenvalue weighted by Gasteiger charge is 2.17. The second-order valence-electron chi connectivity index (χ2n) is 5.62. The average molecular weight is 316 g/mol. The number of carbonyl (C=O) groups is 1. The number of aliphatic carboxylic acids is 1. The largest absolute Gasteiger partial charge is 0.480 e. The second-order valence-corrected chi connectivity index (χ2v) is 5.62. The summed E-state index contributed by atoms with van der Waals surface area (Å²) in [7, 11) is 0. The molecule has 0 fully saturated rings. The summed E-state index contributed by atoms with van der Waals surface area (Å²) in [6, 6.07) is 3.88. The summed E-state index contributed by atoms with van der Waals surface area (Å²) in [5.74, 6) is -0.405. The molecule has 0 amide bonds. The maximum Gasteiger partial charge on any atom is 0.323 e. The van der Waals surface area contributed by atoms with E-state index in [4.69, 9.17) is 5.11 Å². The number of hydrogen-bond acceptors (Lipinski definition) is 5. The molecular weight excluding hydrogens is 296 g/mol. The molecule has 0 bridgehead atoms. The summed E-state index contributed by atoms with van der Waals surface area (Å²) in [6.45, 7) is 4.33. The van der Waals surface area contributed by atoms with Crippen molar-refractivity contribution in [3.05, 3.63) is 52.8 Å². The van der Waals surface area contributed by atoms with Crippen LogP contribution in [-0.2, 0) is 11.3 Å². The van der Waals surface area contributed by atoms with Crippen LogP contribution in [0.5, 0.6) is 0 Å². The summed E-state index contributed by atoms with van der Waals surface area (Å²) in [6.07, 6.45) is 6.31. The molecule has 2 N–H and O–H groups in total. The first-order chi connectivity index (χ1) is 11.0. The number of rotatable bonds is 7. The van der Waals surface area contributed by atoms with E-state index in [1.165, 1.54) is 12.4 Å². The fraction of sp³-hybridized carbons (Fsp3) is 0.375. The fourth-order valence-corrected chi connectivity index (χ4v) is 2.38. The molecule has 7 heteroatoms. The van der Waals surface area contributed by atoms with E-state index in [-0.39, 0.29) is 18.3 Å². The van der Waals surface area contributed by atoms with Crippen molar-refractivity contribution >= 4 is 11.8 Å². The molecule has 23 heavy (non-hydrogen) atoms. The van der Waals surface area contributed by atoms with Crippen molar-refractivity contribution in [1.82, 2.24) is 14.5 Å². The Balaban J connectivity index is 2.16. The van der Waals surface area contributed by atoms with E-state index in [1.54, 1.807) is 6.20 Å². The number of carboxylic acid groups (broad SMARTS) is 1. The molecule has 1 atom stereocenters. The van der Waals surface area contributed by atoms with Crippen LogP contribution >= 0.6 is 0 Å². The molecule has 0 aliphatic heterocycles. The van der Waals surface area contributed by atoms with Crippen LogP contribution in [0.25, 0.3) is 0 Å². The minimum absolute atomic E-state index is 0.156. The van der Waals surface area contributed by atoms with Gasteiger partial charge in [0.05, 0.1) is 0 Å². The first-order valence-electron chi connectivity index (χ1n) is 7.40. The van der Waals surface area contributed by atoms with Crippen LogP contribution in [0.1, 0.15) is 25.3 Å². The molecule has 0 saturated heterocycles. The normalized spacial score (nSPS) is 12.1. The van der Waals surface area contributed by atoms with Gasteiger partial charge in [-0.15, -0.1) is 0 Å². The Morgan fingerprint density at radius 2 is 2.17 bits per heavy atom. The maximum atomic E-state index is 12.2. The van der Waals surface area contributed by atoms with Crippen molar-refractivity contribution in [3.8, 4) is 0 Å². The Hall–Kier alpha value is -2.70. The molecule has 0 aromatic carbocycles. The van der Waals surface area contributed by atoms with E-state index in [9.17, 15) is 9.59 Å². The van der Waals surface area contributed by atoms with Gasteiger partial charge >= 0.3 is 5.97 Å². The lowest BCUT2D eigenvalue weighted by Crippen LogP contribution is -2.29. The summed E-state index contributed by atoms with van der Waals surface area (Å²) in [5, 5.41) is 11.9. The molecule has 2 aromatic heterocycles. The van der Waals surface area contributed by atoms with Gasteiger partial charge in [-0.1, -0.05) is 19.9 Å². The fourth-order valence-electron chi connectivity index (χ4n) is 2.38. The molecule has 2 heterocycles. The van der Waals surface area contributed by atoms with Crippen molar-refractivity contribution in [2.45, 2.75) is 26.3 Å². The molecule has 122 valence electrons. The third-order valence-corrected chi connectivity index (χ3v) is 3.63. The van der Waals surface area contributed by atoms with Gasteiger partial charge in [-0.2, -0.15) is 0 Å². The average Bonchev–Trinajstić information content (AvgIpc) is 2.51. The highest BCUT2D eigenvalue weighted by atomic mass is 16.4. The van der Waals surface area contributed by atoms with Crippen molar-refractivity contribution in [1.29, 1.82) is 0 Å². The van der Waals surface area contributed by atoms with Crippen LogP contribution in [0.4, 0.5) is 5.82 Å². The standard InChI is InChI=1S/C16H20N4O3/c1-11(2)13(12-4-3-5-17-8-12)9-19-15-16(23)20(7-6-18-15)10-14(21)22/h3-8,11,13H,9-10H2,1-2H3,(H,18,19)(H,21,22). The van der Waals surface area contributed by atoms with Crippen molar-refractivity contribution in [3.63, 3.8) is 0 Å². The number of anilines is 1. The number of nitrogens with zero attached hydrogens (tertiary/aromatic N) is 3. The Bertz CT molecular complexity index is 713. The zero-order valence-electron chi connectivity index (χ0n) is 13.1. The third-order valence-electron chi connectivity index (χ3n) is 3.63. The van der Waals surface area contributed by atoms with Crippen LogP contribution < -0.4 is 10.9 Å². The number of nitrogens with one attached hydrogen (secondary N) is 1. The van der Waals surface area contributed by atoms with Crippen molar-refractivity contribution in [2.24, 2.45) is 5.92 Å². The number of carboxylic acids is 1. The predicted molar refractivity (Wildman–Crippen MR) is 86.4 cm³/mol. The monoisotopic (exact) mass is 316 g/mol. The third kappa shape index (κ3) is 4.38. The van der Waals surface area contributed by atoms with Gasteiger partial charge in [-0.05, 0) is 17.5 Å². The maximum absolute atomic E-state index is 12.2. The van der Waals surface area contributed by atoms with E-state index in [0.29, 0.717) is 12.5 Å². The van der Waals surface area contributed by atoms with Gasteiger partial charge in [0, 0.05) is 37.3 Å². The highest BCUT2D eigenvalue weighted by Crippen LogP contribution is 2.23. The molecule has 0 aliphatic rings. The lowest BCUT2D eigenvalue weighted by Gasteiger charge is -2.21. The predicted octanol–water partition coefficient (Wildman–Crippen LogP) is 1.57. The van der Waals surface area contributed by atoms with E-state index in [1.807, 2.05) is 18.3 Å². The molecule has 0 radical (unpaired) electrons. The number of aromatic nitrogens is 3. The van der Waals surface area contributed by atoms with E-state index in [2.05, 4.69) is 29.1 Å². The van der Waals surface area contributed by atoms with Gasteiger partial charge in [0.2, 0.25) is 0 Å². The molecule has 0 saturated carbocycles. The zero-order valence-corrected chi connectivity index (χ0v) is 13.1. The number of pyridine rings is 1. The highest BCUT2D eigenvalue weighted by molar-refractivity contribution is 5.66. The lowest BCUT2D eigenvalue weighted by molar-refractivity contribution is -0.137. The van der Waals surface area contributed by atoms with Crippen LogP contribution in [0.15, 0.2) is 41.7 Å². The smallest absolute Gasteiger partial charge is 0.323 e. The van der Waals surface area contributed by atoms with E-state index in [0.717, 1.165) is 10.1 Å². The van der Waals surface area contributed by atoms with Crippen molar-refractivity contribution < 1.29 is 9.90 Å². The minimum atomic E-state index is -1.07. The van der Waals surface area contributed by atoms with Gasteiger partial charge in [-0.3, -0.25) is 19.1 Å². The number of hydrogen-bond donors (Lipinski definition) is 2. The van der Waals surface area contributed by atoms with Gasteiger partial charge in [0.25, 0.3) is 5.56 Å². The quantitative estimate of drug-likeness (QED) is 0.805. The van der Waals surface area contributed by atoms with Crippen LogP contribution in [0.2, 0.25) is 0 Å². The molecule has 7 nitrogen and oxygen atoms in total. The van der Waals surface area contributed by atoms with Gasteiger partial charge in [0.15, 0.2) is 5.82 Å². The van der Waals surface area contributed by atoms with Crippen LogP contribution in [-0.4, -0.2) is 32.2 Å². The SMILES string of the molecule is CC(C)C(CNc1nccn(CC(=O)O)c1=O)c1cccnc1. The Morgan fingerprint density at radius 3 is 2.78 bits per heavy atom. The molecular formula is C16H20N4O3. The molecule has 2 rings (SSSR count). The van der Waals surface area contributed by atoms with Gasteiger partial charge in [0.1, 0.15) is 6.54 Å². The summed E-state index contributed by atoms with van der Waals surface area (Å²) in [5.41, 5.74) is 0.639. The molecule has 2 aromatic rings. The van der Waals surface area contributed by atoms with Gasteiger partial charge < -0.3 is 10.4 Å². The van der Waals surface area contributed by atoms with Crippen LogP contribution in [0, 0.1) is 5.92 Å². The molecule has 1 unspecified atom stereocenters. The molecule has 0 spiro atoms. The molecule has 0 aliphatic carbocycles. The second kappa shape index (κ2) is 7.53.